The molecule has 60 heavy (non-hydrogen) atoms. The Morgan fingerprint density at radius 1 is 0.667 bits per heavy atom. The lowest BCUT2D eigenvalue weighted by molar-refractivity contribution is -0.133. The van der Waals surface area contributed by atoms with Crippen molar-refractivity contribution in [3.63, 3.8) is 0 Å². The maximum atomic E-state index is 13.9. The molecule has 20 nitrogen and oxygen atoms in total. The fourth-order valence-corrected chi connectivity index (χ4v) is 6.47. The van der Waals surface area contributed by atoms with E-state index in [-0.39, 0.29) is 30.3 Å². The van der Waals surface area contributed by atoms with Crippen molar-refractivity contribution >= 4 is 52.2 Å². The van der Waals surface area contributed by atoms with Crippen molar-refractivity contribution in [1.82, 2.24) is 35.5 Å². The van der Waals surface area contributed by atoms with Gasteiger partial charge in [-0.1, -0.05) is 31.9 Å². The van der Waals surface area contributed by atoms with Crippen molar-refractivity contribution in [1.29, 1.82) is 0 Å². The number of hydrogen-bond acceptors (Lipinski definition) is 15. The van der Waals surface area contributed by atoms with Gasteiger partial charge in [0.15, 0.2) is 17.0 Å². The predicted molar refractivity (Wildman–Crippen MR) is 234 cm³/mol. The third-order valence-corrected chi connectivity index (χ3v) is 10.0. The molecule has 0 aliphatic rings. The number of nitrogens with one attached hydrogen (secondary N) is 5. The van der Waals surface area contributed by atoms with Crippen molar-refractivity contribution < 1.29 is 24.3 Å². The van der Waals surface area contributed by atoms with Crippen LogP contribution in [0.15, 0.2) is 24.3 Å². The van der Waals surface area contributed by atoms with E-state index < -0.39 is 47.8 Å². The molecule has 334 valence electrons. The van der Waals surface area contributed by atoms with Gasteiger partial charge in [-0.3, -0.25) is 23.7 Å². The van der Waals surface area contributed by atoms with Crippen molar-refractivity contribution in [2.24, 2.45) is 28.7 Å². The Morgan fingerprint density at radius 3 is 1.68 bits per heavy atom. The summed E-state index contributed by atoms with van der Waals surface area (Å²) >= 11 is 0. The molecule has 2 aromatic heterocycles. The first-order chi connectivity index (χ1) is 28.9. The van der Waals surface area contributed by atoms with Gasteiger partial charge in [0.2, 0.25) is 29.6 Å². The molecule has 2 heterocycles. The molecule has 0 unspecified atom stereocenters. The average Bonchev–Trinajstić information content (AvgIpc) is 3.54. The lowest BCUT2D eigenvalue weighted by atomic mass is 10.0. The van der Waals surface area contributed by atoms with Crippen molar-refractivity contribution in [3.05, 3.63) is 29.8 Å². The number of nitrogens with zero attached hydrogens (tertiary/aromatic N) is 4. The van der Waals surface area contributed by atoms with Gasteiger partial charge in [0, 0.05) is 12.2 Å². The van der Waals surface area contributed by atoms with Gasteiger partial charge < -0.3 is 66.1 Å². The molecule has 0 saturated heterocycles. The standard InChI is InChI=1S/C40H69N15O5/c1-2-3-24-47-39-53-33(46)32-34(54-39)55(40(60)52-32)25-26-16-18-27(19-17-26)48-36(57)29(13-5-9-21-42)50-38(59)31(15-7-11-23-44)51-37(58)30(14-6-10-22-43)49-35(56)28(45)12-4-8-20-41/h16-19,28-31H,2-15,20-25,41-45H2,1H3,(H,48,57)(H,49,56)(H,50,59)(H,51,58)(H,52,60)(H3,46,47,53,54)/t28-,29-,30-,31-/m0/s1. The highest BCUT2D eigenvalue weighted by Crippen LogP contribution is 2.25. The molecule has 0 aliphatic heterocycles. The molecule has 3 aromatic rings. The van der Waals surface area contributed by atoms with Crippen LogP contribution in [0.5, 0.6) is 6.01 Å². The van der Waals surface area contributed by atoms with Crippen molar-refractivity contribution in [3.8, 4) is 6.01 Å². The SMILES string of the molecule is CCCCNc1nc(N)c2nc(O)n(Cc3ccc(NC(=O)[C@H](CCCCN)NC(=O)[C@H](CCCCN)NC(=O)[C@H](CCCCN)NC(=O)[C@@H](N)CCCCN)cc3)c2n1. The van der Waals surface area contributed by atoms with E-state index in [2.05, 4.69) is 48.5 Å². The highest BCUT2D eigenvalue weighted by atomic mass is 16.3. The van der Waals surface area contributed by atoms with Crippen LogP contribution < -0.4 is 61.0 Å². The van der Waals surface area contributed by atoms with Gasteiger partial charge in [-0.25, -0.2) is 0 Å². The number of rotatable bonds is 30. The highest BCUT2D eigenvalue weighted by Gasteiger charge is 2.30. The van der Waals surface area contributed by atoms with Crippen molar-refractivity contribution in [2.75, 3.05) is 49.1 Å². The number of nitrogen functional groups attached to an aromatic ring is 1. The largest absolute Gasteiger partial charge is 0.480 e. The summed E-state index contributed by atoms with van der Waals surface area (Å²) in [5.41, 5.74) is 36.9. The molecule has 20 heteroatoms. The number of unbranched alkanes of at least 4 members (excludes halogenated alkanes) is 5. The minimum absolute atomic E-state index is 0.144. The van der Waals surface area contributed by atoms with E-state index in [1.807, 2.05) is 0 Å². The van der Waals surface area contributed by atoms with Gasteiger partial charge in [-0.15, -0.1) is 0 Å². The number of aromatic hydroxyl groups is 1. The third-order valence-electron chi connectivity index (χ3n) is 10.0. The maximum Gasteiger partial charge on any atom is 0.296 e. The van der Waals surface area contributed by atoms with Crippen LogP contribution in [0.2, 0.25) is 0 Å². The minimum atomic E-state index is -1.01. The number of benzene rings is 1. The van der Waals surface area contributed by atoms with Gasteiger partial charge in [0.05, 0.1) is 12.6 Å². The zero-order chi connectivity index (χ0) is 43.9. The maximum absolute atomic E-state index is 13.9. The Kier molecular flexibility index (Phi) is 22.0. The second-order valence-corrected chi connectivity index (χ2v) is 15.0. The van der Waals surface area contributed by atoms with Crippen LogP contribution >= 0.6 is 0 Å². The summed E-state index contributed by atoms with van der Waals surface area (Å²) in [5.74, 6) is -1.52. The second kappa shape index (κ2) is 26.8. The number of carbonyl (C=O) groups excluding carboxylic acids is 4. The third kappa shape index (κ3) is 16.1. The molecule has 0 saturated carbocycles. The molecular formula is C40H69N15O5. The first kappa shape index (κ1) is 49.2. The lowest BCUT2D eigenvalue weighted by Gasteiger charge is -2.26. The summed E-state index contributed by atoms with van der Waals surface area (Å²) in [6.07, 6.45) is 8.12. The van der Waals surface area contributed by atoms with Crippen LogP contribution in [0.4, 0.5) is 17.5 Å². The summed E-state index contributed by atoms with van der Waals surface area (Å²) in [6.45, 7) is 4.66. The monoisotopic (exact) mass is 840 g/mol. The Bertz CT molecular complexity index is 1770. The number of carbonyl (C=O) groups is 4. The molecule has 0 bridgehead atoms. The first-order valence-electron chi connectivity index (χ1n) is 21.3. The van der Waals surface area contributed by atoms with E-state index in [0.717, 1.165) is 24.8 Å². The van der Waals surface area contributed by atoms with Crippen LogP contribution in [0, 0.1) is 0 Å². The lowest BCUT2D eigenvalue weighted by Crippen LogP contribution is -2.57. The molecule has 4 amide bonds. The van der Waals surface area contributed by atoms with Crippen LogP contribution in [0.1, 0.15) is 102 Å². The highest BCUT2D eigenvalue weighted by molar-refractivity contribution is 5.99. The number of anilines is 3. The number of hydrogen-bond donors (Lipinski definition) is 12. The summed E-state index contributed by atoms with van der Waals surface area (Å²) in [7, 11) is 0. The number of amides is 4. The van der Waals surface area contributed by atoms with Gasteiger partial charge in [0.25, 0.3) is 6.01 Å². The summed E-state index contributed by atoms with van der Waals surface area (Å²) in [4.78, 5) is 67.3. The Morgan fingerprint density at radius 2 is 1.17 bits per heavy atom. The Labute approximate surface area is 352 Å². The van der Waals surface area contributed by atoms with Gasteiger partial charge in [0.1, 0.15) is 18.1 Å². The van der Waals surface area contributed by atoms with E-state index in [1.54, 1.807) is 24.3 Å². The van der Waals surface area contributed by atoms with E-state index in [1.165, 1.54) is 4.57 Å². The molecular weight excluding hydrogens is 771 g/mol. The number of aromatic nitrogens is 4. The minimum Gasteiger partial charge on any atom is -0.480 e. The molecule has 0 fully saturated rings. The Hall–Kier alpha value is -5.15. The van der Waals surface area contributed by atoms with Crippen LogP contribution in [0.25, 0.3) is 11.2 Å². The van der Waals surface area contributed by atoms with Crippen molar-refractivity contribution in [2.45, 2.75) is 128 Å². The Balaban J connectivity index is 1.75. The molecule has 1 aromatic carbocycles. The molecule has 4 atom stereocenters. The van der Waals surface area contributed by atoms with E-state index in [4.69, 9.17) is 34.4 Å². The first-order valence-corrected chi connectivity index (χ1v) is 21.3. The summed E-state index contributed by atoms with van der Waals surface area (Å²) < 4.78 is 1.52. The van der Waals surface area contributed by atoms with Gasteiger partial charge in [-0.2, -0.15) is 15.0 Å². The van der Waals surface area contributed by atoms with Crippen LogP contribution in [0.3, 0.4) is 0 Å². The van der Waals surface area contributed by atoms with Gasteiger partial charge >= 0.3 is 0 Å². The topological polar surface area (TPSA) is 348 Å². The number of nitrogens with two attached hydrogens (primary N) is 6. The van der Waals surface area contributed by atoms with E-state index >= 15 is 0 Å². The number of imidazole rings is 1. The normalized spacial score (nSPS) is 13.3. The predicted octanol–water partition coefficient (Wildman–Crippen LogP) is 0.611. The molecule has 18 N–H and O–H groups in total. The smallest absolute Gasteiger partial charge is 0.296 e. The zero-order valence-electron chi connectivity index (χ0n) is 35.1. The van der Waals surface area contributed by atoms with E-state index in [0.29, 0.717) is 114 Å². The van der Waals surface area contributed by atoms with E-state index in [9.17, 15) is 24.3 Å². The number of fused-ring (bicyclic) bond motifs is 1. The quantitative estimate of drug-likeness (QED) is 0.0409. The fraction of sp³-hybridized carbons (Fsp3) is 0.625. The zero-order valence-corrected chi connectivity index (χ0v) is 35.1. The second-order valence-electron chi connectivity index (χ2n) is 15.0. The molecule has 0 aliphatic carbocycles. The average molecular weight is 840 g/mol. The van der Waals surface area contributed by atoms with Crippen LogP contribution in [-0.4, -0.2) is 105 Å². The summed E-state index contributed by atoms with van der Waals surface area (Å²) in [5, 5.41) is 25.2. The van der Waals surface area contributed by atoms with Gasteiger partial charge in [-0.05, 0) is 121 Å². The summed E-state index contributed by atoms with van der Waals surface area (Å²) in [6, 6.07) is 2.98. The molecule has 0 spiro atoms. The molecule has 0 radical (unpaired) electrons. The molecule has 3 rings (SSSR count). The van der Waals surface area contributed by atoms with Crippen LogP contribution in [-0.2, 0) is 25.7 Å². The fourth-order valence-electron chi connectivity index (χ4n) is 6.47.